The van der Waals surface area contributed by atoms with Gasteiger partial charge in [-0.3, -0.25) is 0 Å². The van der Waals surface area contributed by atoms with Crippen molar-refractivity contribution in [3.8, 4) is 5.75 Å². The van der Waals surface area contributed by atoms with Crippen LogP contribution in [0.25, 0.3) is 0 Å². The zero-order valence-corrected chi connectivity index (χ0v) is 23.1. The molecule has 0 radical (unpaired) electrons. The Morgan fingerprint density at radius 1 is 1.05 bits per heavy atom. The van der Waals surface area contributed by atoms with E-state index in [9.17, 15) is 23.1 Å². The quantitative estimate of drug-likeness (QED) is 0.269. The fourth-order valence-corrected chi connectivity index (χ4v) is 5.61. The van der Waals surface area contributed by atoms with Crippen LogP contribution in [0.2, 0.25) is 5.02 Å². The van der Waals surface area contributed by atoms with Crippen molar-refractivity contribution in [2.45, 2.75) is 56.4 Å². The number of ether oxygens (including phenoxy) is 2. The molecule has 1 saturated heterocycles. The summed E-state index contributed by atoms with van der Waals surface area (Å²) < 4.78 is 44.2. The monoisotopic (exact) mass is 585 g/mol. The molecule has 3 atom stereocenters. The van der Waals surface area contributed by atoms with E-state index in [0.29, 0.717) is 22.9 Å². The number of benzene rings is 2. The molecule has 1 saturated carbocycles. The summed E-state index contributed by atoms with van der Waals surface area (Å²) in [5.41, 5.74) is -0.916. The first-order valence-corrected chi connectivity index (χ1v) is 13.7. The second-order valence-corrected chi connectivity index (χ2v) is 11.0. The zero-order valence-electron chi connectivity index (χ0n) is 22.4. The number of aliphatic carboxylic acids is 1. The van der Waals surface area contributed by atoms with Crippen molar-refractivity contribution in [1.29, 1.82) is 0 Å². The van der Waals surface area contributed by atoms with Gasteiger partial charge in [0.05, 0.1) is 31.8 Å². The normalized spacial score (nSPS) is 22.6. The highest BCUT2D eigenvalue weighted by Gasteiger charge is 2.49. The van der Waals surface area contributed by atoms with Gasteiger partial charge < -0.3 is 29.0 Å². The van der Waals surface area contributed by atoms with Gasteiger partial charge in [-0.25, -0.2) is 4.79 Å². The molecule has 7 nitrogen and oxygen atoms in total. The van der Waals surface area contributed by atoms with Crippen molar-refractivity contribution in [3.05, 3.63) is 65.2 Å². The molecule has 220 valence electrons. The maximum atomic E-state index is 13.4. The number of carboxylic acid groups (broad SMARTS) is 1. The second-order valence-electron chi connectivity index (χ2n) is 10.6. The van der Waals surface area contributed by atoms with Gasteiger partial charge in [-0.05, 0) is 30.5 Å². The van der Waals surface area contributed by atoms with Gasteiger partial charge in [-0.2, -0.15) is 13.2 Å². The molecule has 0 bridgehead atoms. The number of esters is 1. The Morgan fingerprint density at radius 2 is 1.65 bits per heavy atom. The molecule has 0 amide bonds. The SMILES string of the molecule is C[N+]1(CCCOc2ccccc2Cl)CCC(OC(=O)C(O)(c2ccccc2)C2CCCC2)C1.O=C([O-])C(F)(F)F. The molecule has 11 heteroatoms. The lowest BCUT2D eigenvalue weighted by Gasteiger charge is -2.33. The Labute approximate surface area is 237 Å². The molecule has 2 aromatic rings. The van der Waals surface area contributed by atoms with Crippen molar-refractivity contribution >= 4 is 23.5 Å². The summed E-state index contributed by atoms with van der Waals surface area (Å²) in [6.45, 7) is 3.23. The number of likely N-dealkylation sites (tertiary alicyclic amines) is 1. The Hall–Kier alpha value is -2.82. The predicted octanol–water partition coefficient (Wildman–Crippen LogP) is 4.25. The number of carboxylic acids is 1. The lowest BCUT2D eigenvalue weighted by atomic mass is 9.80. The van der Waals surface area contributed by atoms with E-state index in [1.165, 1.54) is 0 Å². The summed E-state index contributed by atoms with van der Waals surface area (Å²) in [6, 6.07) is 16.8. The number of hydrogen-bond donors (Lipinski definition) is 1. The summed E-state index contributed by atoms with van der Waals surface area (Å²) in [5.74, 6) is -2.87. The molecule has 1 aliphatic carbocycles. The van der Waals surface area contributed by atoms with E-state index in [2.05, 4.69) is 7.05 Å². The van der Waals surface area contributed by atoms with Crippen LogP contribution in [0.5, 0.6) is 5.75 Å². The lowest BCUT2D eigenvalue weighted by molar-refractivity contribution is -0.899. The molecule has 3 unspecified atom stereocenters. The van der Waals surface area contributed by atoms with Crippen molar-refractivity contribution in [3.63, 3.8) is 0 Å². The number of para-hydroxylation sites is 1. The number of aliphatic hydroxyl groups is 1. The fourth-order valence-electron chi connectivity index (χ4n) is 5.42. The van der Waals surface area contributed by atoms with E-state index in [4.69, 9.17) is 31.0 Å². The standard InChI is InChI=1S/C27H35ClNO4.C2HF3O2/c1-29(17-9-19-32-25-15-8-7-14-24(25)28)18-16-23(20-29)33-26(30)27(31,22-12-5-6-13-22)21-10-3-2-4-11-21;3-2(4,5)1(6)7/h2-4,7-8,10-11,14-15,22-23,31H,5-6,9,12-13,16-20H2,1H3;(H,6,7)/q+1;/p-1. The number of quaternary nitrogens is 1. The molecule has 0 aromatic heterocycles. The molecule has 40 heavy (non-hydrogen) atoms. The lowest BCUT2D eigenvalue weighted by Crippen LogP contribution is -2.47. The van der Waals surface area contributed by atoms with Gasteiger partial charge in [0.25, 0.3) is 0 Å². The van der Waals surface area contributed by atoms with Crippen LogP contribution in [0.15, 0.2) is 54.6 Å². The van der Waals surface area contributed by atoms with Crippen LogP contribution in [-0.4, -0.2) is 67.1 Å². The largest absolute Gasteiger partial charge is 0.542 e. The van der Waals surface area contributed by atoms with Crippen LogP contribution in [0, 0.1) is 5.92 Å². The molecule has 1 aliphatic heterocycles. The van der Waals surface area contributed by atoms with Gasteiger partial charge in [0.15, 0.2) is 11.7 Å². The highest BCUT2D eigenvalue weighted by molar-refractivity contribution is 6.32. The van der Waals surface area contributed by atoms with Gasteiger partial charge in [0, 0.05) is 18.8 Å². The summed E-state index contributed by atoms with van der Waals surface area (Å²) in [6.07, 6.45) is 0.114. The minimum Gasteiger partial charge on any atom is -0.542 e. The maximum absolute atomic E-state index is 13.4. The second kappa shape index (κ2) is 13.7. The molecule has 2 aromatic carbocycles. The number of likely N-dealkylation sites (N-methyl/N-ethyl adjacent to an activating group) is 1. The molecule has 1 N–H and O–H groups in total. The topological polar surface area (TPSA) is 95.9 Å². The molecular formula is C29H35ClF3NO6. The summed E-state index contributed by atoms with van der Waals surface area (Å²) >= 11 is 6.16. The van der Waals surface area contributed by atoms with Crippen LogP contribution in [0.3, 0.4) is 0 Å². The van der Waals surface area contributed by atoms with E-state index in [1.54, 1.807) is 0 Å². The van der Waals surface area contributed by atoms with Gasteiger partial charge in [-0.1, -0.05) is 66.9 Å². The van der Waals surface area contributed by atoms with E-state index in [-0.39, 0.29) is 12.0 Å². The number of carbonyl (C=O) groups excluding carboxylic acids is 2. The van der Waals surface area contributed by atoms with Crippen LogP contribution in [0.1, 0.15) is 44.1 Å². The van der Waals surface area contributed by atoms with Crippen LogP contribution >= 0.6 is 11.6 Å². The number of carbonyl (C=O) groups is 2. The Kier molecular flexibility index (Phi) is 10.9. The number of rotatable bonds is 9. The molecule has 0 spiro atoms. The van der Waals surface area contributed by atoms with Crippen molar-refractivity contribution in [1.82, 2.24) is 0 Å². The molecule has 4 rings (SSSR count). The van der Waals surface area contributed by atoms with Crippen molar-refractivity contribution < 1.29 is 46.9 Å². The van der Waals surface area contributed by atoms with E-state index in [0.717, 1.165) is 62.6 Å². The van der Waals surface area contributed by atoms with E-state index in [1.807, 2.05) is 54.6 Å². The van der Waals surface area contributed by atoms with Crippen molar-refractivity contribution in [2.75, 3.05) is 33.3 Å². The first-order chi connectivity index (χ1) is 18.8. The van der Waals surface area contributed by atoms with Gasteiger partial charge in [-0.15, -0.1) is 0 Å². The molecule has 2 aliphatic rings. The first kappa shape index (κ1) is 31.7. The van der Waals surface area contributed by atoms with Gasteiger partial charge in [0.2, 0.25) is 0 Å². The predicted molar refractivity (Wildman–Crippen MR) is 140 cm³/mol. The average Bonchev–Trinajstić information content (AvgIpc) is 3.58. The van der Waals surface area contributed by atoms with E-state index >= 15 is 0 Å². The van der Waals surface area contributed by atoms with Crippen molar-refractivity contribution in [2.24, 2.45) is 5.92 Å². The molecule has 1 heterocycles. The van der Waals surface area contributed by atoms with Crippen LogP contribution < -0.4 is 9.84 Å². The highest BCUT2D eigenvalue weighted by Crippen LogP contribution is 2.42. The van der Waals surface area contributed by atoms with E-state index < -0.39 is 23.7 Å². The minimum absolute atomic E-state index is 0.0864. The number of alkyl halides is 3. The molecular weight excluding hydrogens is 551 g/mol. The molecule has 2 fully saturated rings. The van der Waals surface area contributed by atoms with Crippen LogP contribution in [0.4, 0.5) is 13.2 Å². The maximum Gasteiger partial charge on any atom is 0.430 e. The summed E-state index contributed by atoms with van der Waals surface area (Å²) in [7, 11) is 2.20. The summed E-state index contributed by atoms with van der Waals surface area (Å²) in [4.78, 5) is 22.1. The fraction of sp³-hybridized carbons (Fsp3) is 0.517. The Balaban J connectivity index is 0.000000559. The number of halogens is 4. The highest BCUT2D eigenvalue weighted by atomic mass is 35.5. The average molecular weight is 586 g/mol. The van der Waals surface area contributed by atoms with Gasteiger partial charge in [0.1, 0.15) is 18.3 Å². The van der Waals surface area contributed by atoms with Crippen LogP contribution in [-0.2, 0) is 19.9 Å². The summed E-state index contributed by atoms with van der Waals surface area (Å²) in [5, 5.41) is 21.0. The number of hydrogen-bond acceptors (Lipinski definition) is 6. The van der Waals surface area contributed by atoms with Gasteiger partial charge >= 0.3 is 12.1 Å². The Bertz CT molecular complexity index is 1130. The smallest absolute Gasteiger partial charge is 0.430 e. The number of nitrogens with zero attached hydrogens (tertiary/aromatic N) is 1. The minimum atomic E-state index is -5.19. The third-order valence-electron chi connectivity index (χ3n) is 7.55. The third-order valence-corrected chi connectivity index (χ3v) is 7.86. The zero-order chi connectivity index (χ0) is 29.4. The Morgan fingerprint density at radius 3 is 2.25 bits per heavy atom. The first-order valence-electron chi connectivity index (χ1n) is 13.3. The third kappa shape index (κ3) is 8.34.